The fourth-order valence-electron chi connectivity index (χ4n) is 3.22. The Balaban J connectivity index is 1.60. The average molecular weight is 492 g/mol. The number of carbonyl (C=O) groups is 2. The van der Waals surface area contributed by atoms with Crippen LogP contribution in [0.15, 0.2) is 47.4 Å². The summed E-state index contributed by atoms with van der Waals surface area (Å²) in [5.41, 5.74) is 0.456. The number of Topliss-reactive ketones (excluding diaryl/α,β-unsaturated/α-hetero) is 1. The van der Waals surface area contributed by atoms with E-state index in [9.17, 15) is 18.0 Å². The maximum absolute atomic E-state index is 12.7. The molecule has 34 heavy (non-hydrogen) atoms. The molecule has 0 atom stereocenters. The molecule has 0 aromatic heterocycles. The van der Waals surface area contributed by atoms with Crippen molar-refractivity contribution in [3.63, 3.8) is 0 Å². The molecule has 10 heteroatoms. The maximum atomic E-state index is 12.7. The van der Waals surface area contributed by atoms with E-state index in [2.05, 4.69) is 0 Å². The van der Waals surface area contributed by atoms with Gasteiger partial charge in [0.15, 0.2) is 23.9 Å². The van der Waals surface area contributed by atoms with Crippen LogP contribution in [0.3, 0.4) is 0 Å². The summed E-state index contributed by atoms with van der Waals surface area (Å²) in [6, 6.07) is 10.2. The summed E-state index contributed by atoms with van der Waals surface area (Å²) < 4.78 is 48.0. The van der Waals surface area contributed by atoms with Crippen LogP contribution < -0.4 is 9.47 Å². The molecule has 0 N–H and O–H groups in total. The van der Waals surface area contributed by atoms with E-state index >= 15 is 0 Å². The highest BCUT2D eigenvalue weighted by atomic mass is 32.2. The second kappa shape index (κ2) is 11.5. The molecule has 1 heterocycles. The largest absolute Gasteiger partial charge is 0.493 e. The van der Waals surface area contributed by atoms with Gasteiger partial charge in [-0.05, 0) is 48.4 Å². The lowest BCUT2D eigenvalue weighted by molar-refractivity contribution is 0.0474. The zero-order valence-electron chi connectivity index (χ0n) is 19.5. The molecule has 2 aromatic rings. The van der Waals surface area contributed by atoms with Crippen molar-refractivity contribution < 1.29 is 37.0 Å². The van der Waals surface area contributed by atoms with E-state index in [1.165, 1.54) is 47.8 Å². The number of ketones is 1. The Morgan fingerprint density at radius 2 is 1.65 bits per heavy atom. The minimum absolute atomic E-state index is 0.0924. The zero-order chi connectivity index (χ0) is 24.7. The Labute approximate surface area is 199 Å². The molecule has 0 spiro atoms. The van der Waals surface area contributed by atoms with Gasteiger partial charge in [-0.2, -0.15) is 4.31 Å². The topological polar surface area (TPSA) is 108 Å². The van der Waals surface area contributed by atoms with E-state index in [-0.39, 0.29) is 29.1 Å². The number of methoxy groups -OCH3 is 1. The lowest BCUT2D eigenvalue weighted by atomic mass is 10.1. The summed E-state index contributed by atoms with van der Waals surface area (Å²) >= 11 is 0. The monoisotopic (exact) mass is 491 g/mol. The van der Waals surface area contributed by atoms with Gasteiger partial charge in [0.1, 0.15) is 0 Å². The first-order valence-corrected chi connectivity index (χ1v) is 12.4. The predicted molar refractivity (Wildman–Crippen MR) is 124 cm³/mol. The molecule has 2 aromatic carbocycles. The van der Waals surface area contributed by atoms with Gasteiger partial charge in [-0.3, -0.25) is 4.79 Å². The number of hydrogen-bond donors (Lipinski definition) is 0. The van der Waals surface area contributed by atoms with Gasteiger partial charge >= 0.3 is 5.97 Å². The van der Waals surface area contributed by atoms with Crippen molar-refractivity contribution in [1.82, 2.24) is 4.31 Å². The van der Waals surface area contributed by atoms with Crippen molar-refractivity contribution in [3.05, 3.63) is 53.6 Å². The maximum Gasteiger partial charge on any atom is 0.338 e. The SMILES string of the molecule is COc1cc(C(=O)OCC(=O)c2ccc(S(=O)(=O)N3CCOCC3)cc2)ccc1OCC(C)C. The average Bonchev–Trinajstić information content (AvgIpc) is 2.86. The molecule has 9 nitrogen and oxygen atoms in total. The van der Waals surface area contributed by atoms with E-state index < -0.39 is 28.4 Å². The van der Waals surface area contributed by atoms with E-state index in [1.54, 1.807) is 6.07 Å². The standard InChI is InChI=1S/C24H29NO8S/c1-17(2)15-32-22-9-6-19(14-23(22)30-3)24(27)33-16-21(26)18-4-7-20(8-5-18)34(28,29)25-10-12-31-13-11-25/h4-9,14,17H,10-13,15-16H2,1-3H3. The summed E-state index contributed by atoms with van der Waals surface area (Å²) in [7, 11) is -2.18. The van der Waals surface area contributed by atoms with Crippen molar-refractivity contribution >= 4 is 21.8 Å². The zero-order valence-corrected chi connectivity index (χ0v) is 20.3. The minimum Gasteiger partial charge on any atom is -0.493 e. The molecule has 1 fully saturated rings. The normalized spacial score (nSPS) is 14.6. The Hall–Kier alpha value is -2.95. The fraction of sp³-hybridized carbons (Fsp3) is 0.417. The van der Waals surface area contributed by atoms with Crippen LogP contribution in [0.1, 0.15) is 34.6 Å². The van der Waals surface area contributed by atoms with Gasteiger partial charge in [-0.25, -0.2) is 13.2 Å². The molecule has 184 valence electrons. The van der Waals surface area contributed by atoms with Crippen molar-refractivity contribution in [2.45, 2.75) is 18.7 Å². The van der Waals surface area contributed by atoms with Crippen LogP contribution in [0.4, 0.5) is 0 Å². The number of nitrogens with zero attached hydrogens (tertiary/aromatic N) is 1. The van der Waals surface area contributed by atoms with E-state index in [0.29, 0.717) is 37.2 Å². The van der Waals surface area contributed by atoms with Gasteiger partial charge in [0.25, 0.3) is 0 Å². The number of morpholine rings is 1. The Bertz CT molecular complexity index is 1110. The van der Waals surface area contributed by atoms with Crippen LogP contribution >= 0.6 is 0 Å². The van der Waals surface area contributed by atoms with Gasteiger partial charge in [0, 0.05) is 18.7 Å². The summed E-state index contributed by atoms with van der Waals surface area (Å²) in [4.78, 5) is 25.0. The van der Waals surface area contributed by atoms with Crippen LogP contribution in [-0.2, 0) is 19.5 Å². The number of sulfonamides is 1. The number of hydrogen-bond acceptors (Lipinski definition) is 8. The third-order valence-corrected chi connectivity index (χ3v) is 7.00. The Kier molecular flexibility index (Phi) is 8.65. The number of esters is 1. The van der Waals surface area contributed by atoms with Crippen LogP contribution in [-0.4, -0.2) is 71.1 Å². The first-order valence-electron chi connectivity index (χ1n) is 10.9. The quantitative estimate of drug-likeness (QED) is 0.369. The third kappa shape index (κ3) is 6.34. The van der Waals surface area contributed by atoms with E-state index in [1.807, 2.05) is 13.8 Å². The van der Waals surface area contributed by atoms with E-state index in [0.717, 1.165) is 0 Å². The highest BCUT2D eigenvalue weighted by Gasteiger charge is 2.26. The van der Waals surface area contributed by atoms with Gasteiger partial charge in [0.2, 0.25) is 10.0 Å². The molecule has 0 saturated carbocycles. The first-order chi connectivity index (χ1) is 16.2. The smallest absolute Gasteiger partial charge is 0.338 e. The number of rotatable bonds is 10. The second-order valence-corrected chi connectivity index (χ2v) is 10.0. The van der Waals surface area contributed by atoms with Crippen molar-refractivity contribution in [1.29, 1.82) is 0 Å². The molecule has 0 radical (unpaired) electrons. The summed E-state index contributed by atoms with van der Waals surface area (Å²) in [5.74, 6) is 0.0874. The highest BCUT2D eigenvalue weighted by molar-refractivity contribution is 7.89. The van der Waals surface area contributed by atoms with Crippen LogP contribution in [0.2, 0.25) is 0 Å². The Morgan fingerprint density at radius 1 is 1.00 bits per heavy atom. The number of ether oxygens (including phenoxy) is 4. The molecule has 1 aliphatic rings. The minimum atomic E-state index is -3.65. The molecule has 1 saturated heterocycles. The molecule has 0 aliphatic carbocycles. The number of carbonyl (C=O) groups excluding carboxylic acids is 2. The third-order valence-electron chi connectivity index (χ3n) is 5.09. The van der Waals surface area contributed by atoms with Gasteiger partial charge in [0.05, 0.1) is 37.4 Å². The molecular weight excluding hydrogens is 462 g/mol. The van der Waals surface area contributed by atoms with Gasteiger partial charge in [-0.1, -0.05) is 13.8 Å². The molecule has 0 unspecified atom stereocenters. The van der Waals surface area contributed by atoms with Crippen molar-refractivity contribution in [2.24, 2.45) is 5.92 Å². The van der Waals surface area contributed by atoms with E-state index in [4.69, 9.17) is 18.9 Å². The lowest BCUT2D eigenvalue weighted by Crippen LogP contribution is -2.40. The predicted octanol–water partition coefficient (Wildman–Crippen LogP) is 2.79. The molecule has 3 rings (SSSR count). The molecule has 0 amide bonds. The van der Waals surface area contributed by atoms with Crippen LogP contribution in [0.25, 0.3) is 0 Å². The van der Waals surface area contributed by atoms with Crippen LogP contribution in [0.5, 0.6) is 11.5 Å². The summed E-state index contributed by atoms with van der Waals surface area (Å²) in [6.45, 7) is 5.33. The second-order valence-electron chi connectivity index (χ2n) is 8.11. The summed E-state index contributed by atoms with van der Waals surface area (Å²) in [5, 5.41) is 0. The van der Waals surface area contributed by atoms with Gasteiger partial charge in [-0.15, -0.1) is 0 Å². The lowest BCUT2D eigenvalue weighted by Gasteiger charge is -2.26. The Morgan fingerprint density at radius 3 is 2.26 bits per heavy atom. The highest BCUT2D eigenvalue weighted by Crippen LogP contribution is 2.29. The van der Waals surface area contributed by atoms with Crippen molar-refractivity contribution in [3.8, 4) is 11.5 Å². The first kappa shape index (κ1) is 25.7. The summed E-state index contributed by atoms with van der Waals surface area (Å²) in [6.07, 6.45) is 0. The van der Waals surface area contributed by atoms with Crippen LogP contribution in [0, 0.1) is 5.92 Å². The molecule has 0 bridgehead atoms. The van der Waals surface area contributed by atoms with Gasteiger partial charge < -0.3 is 18.9 Å². The fourth-order valence-corrected chi connectivity index (χ4v) is 4.62. The molecule has 1 aliphatic heterocycles. The molecular formula is C24H29NO8S. The van der Waals surface area contributed by atoms with Crippen molar-refractivity contribution in [2.75, 3.05) is 46.6 Å². The number of benzene rings is 2.